The Labute approximate surface area is 180 Å². The van der Waals surface area contributed by atoms with Gasteiger partial charge in [0.25, 0.3) is 11.6 Å². The maximum atomic E-state index is 12.3. The first kappa shape index (κ1) is 20.5. The molecule has 1 aromatic heterocycles. The summed E-state index contributed by atoms with van der Waals surface area (Å²) in [6.07, 6.45) is 0. The number of non-ortho nitro benzene ring substituents is 1. The molecule has 4 rings (SSSR count). The van der Waals surface area contributed by atoms with E-state index in [1.807, 2.05) is 30.3 Å². The fraction of sp³-hybridized carbons (Fsp3) is 0.0476. The second-order valence-electron chi connectivity index (χ2n) is 6.69. The quantitative estimate of drug-likeness (QED) is 0.329. The summed E-state index contributed by atoms with van der Waals surface area (Å²) in [6.45, 7) is -0.520. The molecule has 11 heteroatoms. The fourth-order valence-corrected chi connectivity index (χ4v) is 3.06. The molecule has 4 aromatic rings. The Morgan fingerprint density at radius 2 is 1.81 bits per heavy atom. The van der Waals surface area contributed by atoms with Crippen molar-refractivity contribution in [2.45, 2.75) is 0 Å². The zero-order chi connectivity index (χ0) is 22.7. The summed E-state index contributed by atoms with van der Waals surface area (Å²) < 4.78 is 5.23. The van der Waals surface area contributed by atoms with E-state index in [4.69, 9.17) is 4.74 Å². The van der Waals surface area contributed by atoms with Crippen molar-refractivity contribution in [2.75, 3.05) is 11.9 Å². The van der Waals surface area contributed by atoms with Crippen LogP contribution in [0, 0.1) is 20.2 Å². The third kappa shape index (κ3) is 4.36. The zero-order valence-corrected chi connectivity index (χ0v) is 16.3. The summed E-state index contributed by atoms with van der Waals surface area (Å²) in [5.41, 5.74) is 1.89. The third-order valence-corrected chi connectivity index (χ3v) is 4.52. The molecule has 0 aliphatic carbocycles. The number of carbonyl (C=O) groups excluding carboxylic acids is 1. The molecule has 32 heavy (non-hydrogen) atoms. The normalized spacial score (nSPS) is 10.6. The van der Waals surface area contributed by atoms with Gasteiger partial charge in [0.2, 0.25) is 0 Å². The number of imidazole rings is 1. The lowest BCUT2D eigenvalue weighted by Gasteiger charge is -2.08. The lowest BCUT2D eigenvalue weighted by Crippen LogP contribution is -2.20. The van der Waals surface area contributed by atoms with Crippen molar-refractivity contribution >= 4 is 34.0 Å². The minimum absolute atomic E-state index is 0.244. The first-order chi connectivity index (χ1) is 15.4. The molecule has 1 heterocycles. The molecule has 0 aliphatic heterocycles. The third-order valence-electron chi connectivity index (χ3n) is 4.52. The van der Waals surface area contributed by atoms with Gasteiger partial charge < -0.3 is 15.0 Å². The number of nitrogens with zero attached hydrogens (tertiary/aromatic N) is 3. The fourth-order valence-electron chi connectivity index (χ4n) is 3.06. The molecule has 11 nitrogen and oxygen atoms in total. The van der Waals surface area contributed by atoms with Gasteiger partial charge in [0.15, 0.2) is 12.4 Å². The van der Waals surface area contributed by atoms with Crippen molar-refractivity contribution in [3.05, 3.63) is 87.0 Å². The molecule has 0 fully saturated rings. The van der Waals surface area contributed by atoms with Crippen molar-refractivity contribution < 1.29 is 19.4 Å². The summed E-state index contributed by atoms with van der Waals surface area (Å²) in [4.78, 5) is 40.4. The minimum atomic E-state index is -0.808. The lowest BCUT2D eigenvalue weighted by atomic mass is 10.2. The van der Waals surface area contributed by atoms with Crippen LogP contribution >= 0.6 is 0 Å². The molecule has 0 radical (unpaired) electrons. The van der Waals surface area contributed by atoms with Crippen molar-refractivity contribution in [2.24, 2.45) is 0 Å². The molecular formula is C21H15N5O6. The van der Waals surface area contributed by atoms with Crippen LogP contribution < -0.4 is 10.1 Å². The number of aromatic amines is 1. The van der Waals surface area contributed by atoms with Crippen LogP contribution in [-0.2, 0) is 4.79 Å². The van der Waals surface area contributed by atoms with Crippen LogP contribution in [0.1, 0.15) is 0 Å². The average molecular weight is 433 g/mol. The number of nitro benzene ring substituents is 2. The number of nitrogens with one attached hydrogen (secondary N) is 2. The lowest BCUT2D eigenvalue weighted by molar-refractivity contribution is -0.394. The Kier molecular flexibility index (Phi) is 5.45. The van der Waals surface area contributed by atoms with Gasteiger partial charge in [-0.1, -0.05) is 24.3 Å². The highest BCUT2D eigenvalue weighted by Crippen LogP contribution is 2.31. The van der Waals surface area contributed by atoms with E-state index in [0.29, 0.717) is 11.5 Å². The number of para-hydroxylation sites is 2. The van der Waals surface area contributed by atoms with E-state index in [9.17, 15) is 25.0 Å². The molecule has 0 aliphatic rings. The van der Waals surface area contributed by atoms with E-state index in [0.717, 1.165) is 34.8 Å². The number of anilines is 1. The number of hydrogen-bond donors (Lipinski definition) is 2. The second-order valence-corrected chi connectivity index (χ2v) is 6.69. The molecule has 160 valence electrons. The van der Waals surface area contributed by atoms with Crippen LogP contribution in [0.2, 0.25) is 0 Å². The van der Waals surface area contributed by atoms with Crippen molar-refractivity contribution in [1.29, 1.82) is 0 Å². The molecule has 1 amide bonds. The Balaban J connectivity index is 1.45. The summed E-state index contributed by atoms with van der Waals surface area (Å²) in [5, 5.41) is 24.6. The standard InChI is InChI=1S/C21H15N5O6/c27-20(12-32-19-9-8-15(25(28)29)11-18(19)26(30)31)22-14-5-3-4-13(10-14)21-23-16-6-1-2-7-17(16)24-21/h1-11H,12H2,(H,22,27)(H,23,24). The van der Waals surface area contributed by atoms with Gasteiger partial charge in [0.1, 0.15) is 5.82 Å². The Morgan fingerprint density at radius 1 is 1.00 bits per heavy atom. The predicted octanol–water partition coefficient (Wildman–Crippen LogP) is 4.06. The van der Waals surface area contributed by atoms with Crippen LogP contribution in [0.4, 0.5) is 17.1 Å². The largest absolute Gasteiger partial charge is 0.477 e. The SMILES string of the molecule is O=C(COc1ccc([N+](=O)[O-])cc1[N+](=O)[O-])Nc1cccc(-c2nc3ccccc3[nH]2)c1. The highest BCUT2D eigenvalue weighted by molar-refractivity contribution is 5.92. The molecule has 0 spiro atoms. The maximum Gasteiger partial charge on any atom is 0.317 e. The zero-order valence-electron chi connectivity index (χ0n) is 16.3. The molecule has 0 bridgehead atoms. The van der Waals surface area contributed by atoms with Crippen LogP contribution in [0.5, 0.6) is 5.75 Å². The van der Waals surface area contributed by atoms with Crippen LogP contribution in [0.15, 0.2) is 66.7 Å². The van der Waals surface area contributed by atoms with Gasteiger partial charge in [-0.3, -0.25) is 25.0 Å². The van der Waals surface area contributed by atoms with Gasteiger partial charge in [-0.05, 0) is 30.3 Å². The number of H-pyrrole nitrogens is 1. The molecule has 0 saturated heterocycles. The number of aromatic nitrogens is 2. The molecule has 0 atom stereocenters. The van der Waals surface area contributed by atoms with Gasteiger partial charge in [-0.2, -0.15) is 0 Å². The molecular weight excluding hydrogens is 418 g/mol. The second kappa shape index (κ2) is 8.52. The minimum Gasteiger partial charge on any atom is -0.477 e. The van der Waals surface area contributed by atoms with Gasteiger partial charge in [0.05, 0.1) is 26.9 Å². The molecule has 0 saturated carbocycles. The predicted molar refractivity (Wildman–Crippen MR) is 115 cm³/mol. The van der Waals surface area contributed by atoms with E-state index >= 15 is 0 Å². The van der Waals surface area contributed by atoms with E-state index in [-0.39, 0.29) is 5.75 Å². The van der Waals surface area contributed by atoms with Crippen LogP contribution in [0.3, 0.4) is 0 Å². The average Bonchev–Trinajstić information content (AvgIpc) is 3.22. The number of carbonyl (C=O) groups is 1. The topological polar surface area (TPSA) is 153 Å². The Bertz CT molecular complexity index is 1320. The molecule has 3 aromatic carbocycles. The summed E-state index contributed by atoms with van der Waals surface area (Å²) in [5.74, 6) is -0.161. The first-order valence-electron chi connectivity index (χ1n) is 9.31. The number of hydrogen-bond acceptors (Lipinski definition) is 7. The Hall–Kier alpha value is -4.80. The number of ether oxygens (including phenoxy) is 1. The van der Waals surface area contributed by atoms with Crippen molar-refractivity contribution in [3.8, 4) is 17.1 Å². The van der Waals surface area contributed by atoms with Gasteiger partial charge in [0, 0.05) is 17.3 Å². The van der Waals surface area contributed by atoms with Crippen molar-refractivity contribution in [1.82, 2.24) is 9.97 Å². The summed E-state index contributed by atoms with van der Waals surface area (Å²) >= 11 is 0. The molecule has 0 unspecified atom stereocenters. The maximum absolute atomic E-state index is 12.3. The number of nitro groups is 2. The highest BCUT2D eigenvalue weighted by Gasteiger charge is 2.21. The van der Waals surface area contributed by atoms with E-state index in [2.05, 4.69) is 15.3 Å². The van der Waals surface area contributed by atoms with Crippen LogP contribution in [-0.4, -0.2) is 32.3 Å². The number of fused-ring (bicyclic) bond motifs is 1. The van der Waals surface area contributed by atoms with E-state index in [1.54, 1.807) is 18.2 Å². The monoisotopic (exact) mass is 433 g/mol. The number of rotatable bonds is 7. The van der Waals surface area contributed by atoms with Gasteiger partial charge >= 0.3 is 5.69 Å². The Morgan fingerprint density at radius 3 is 2.56 bits per heavy atom. The number of amides is 1. The van der Waals surface area contributed by atoms with Gasteiger partial charge in [-0.15, -0.1) is 0 Å². The first-order valence-corrected chi connectivity index (χ1v) is 9.31. The van der Waals surface area contributed by atoms with Crippen LogP contribution in [0.25, 0.3) is 22.4 Å². The molecule has 2 N–H and O–H groups in total. The highest BCUT2D eigenvalue weighted by atomic mass is 16.6. The summed E-state index contributed by atoms with van der Waals surface area (Å²) in [7, 11) is 0. The van der Waals surface area contributed by atoms with E-state index in [1.165, 1.54) is 0 Å². The number of benzene rings is 3. The summed E-state index contributed by atoms with van der Waals surface area (Å²) in [6, 6.07) is 17.5. The van der Waals surface area contributed by atoms with E-state index < -0.39 is 33.7 Å². The smallest absolute Gasteiger partial charge is 0.317 e. The van der Waals surface area contributed by atoms with Crippen molar-refractivity contribution in [3.63, 3.8) is 0 Å². The van der Waals surface area contributed by atoms with Gasteiger partial charge in [-0.25, -0.2) is 4.98 Å².